The van der Waals surface area contributed by atoms with Crippen molar-refractivity contribution in [3.63, 3.8) is 0 Å². The first-order chi connectivity index (χ1) is 12.3. The van der Waals surface area contributed by atoms with Crippen LogP contribution in [0.25, 0.3) is 0 Å². The Labute approximate surface area is 156 Å². The van der Waals surface area contributed by atoms with Crippen LogP contribution in [-0.4, -0.2) is 17.8 Å². The summed E-state index contributed by atoms with van der Waals surface area (Å²) in [7, 11) is 0. The maximum atomic E-state index is 12.5. The minimum absolute atomic E-state index is 0.193. The largest absolute Gasteiger partial charge is 0.454 e. The van der Waals surface area contributed by atoms with Gasteiger partial charge in [-0.2, -0.15) is 0 Å². The molecule has 0 unspecified atom stereocenters. The summed E-state index contributed by atoms with van der Waals surface area (Å²) < 4.78 is 5.47. The molecular formula is C19H19ClN2O4. The predicted molar refractivity (Wildman–Crippen MR) is 100 cm³/mol. The number of esters is 1. The highest BCUT2D eigenvalue weighted by atomic mass is 35.5. The van der Waals surface area contributed by atoms with Crippen LogP contribution in [0.4, 0.5) is 11.4 Å². The van der Waals surface area contributed by atoms with Gasteiger partial charge >= 0.3 is 5.97 Å². The second kappa shape index (κ2) is 8.49. The van der Waals surface area contributed by atoms with Crippen LogP contribution in [-0.2, 0) is 14.3 Å². The van der Waals surface area contributed by atoms with Gasteiger partial charge in [0.2, 0.25) is 11.8 Å². The Kier molecular flexibility index (Phi) is 6.36. The van der Waals surface area contributed by atoms with Crippen molar-refractivity contribution >= 4 is 40.8 Å². The molecule has 0 aromatic heterocycles. The number of halogens is 1. The van der Waals surface area contributed by atoms with Gasteiger partial charge in [0, 0.05) is 35.8 Å². The van der Waals surface area contributed by atoms with Gasteiger partial charge in [0.15, 0.2) is 0 Å². The van der Waals surface area contributed by atoms with E-state index in [-0.39, 0.29) is 17.4 Å². The van der Waals surface area contributed by atoms with E-state index in [0.717, 1.165) is 0 Å². The van der Waals surface area contributed by atoms with Gasteiger partial charge in [-0.1, -0.05) is 29.8 Å². The highest BCUT2D eigenvalue weighted by molar-refractivity contribution is 6.31. The quantitative estimate of drug-likeness (QED) is 0.769. The maximum absolute atomic E-state index is 12.5. The molecule has 2 aromatic carbocycles. The molecule has 6 nitrogen and oxygen atoms in total. The number of hydrogen-bond acceptors (Lipinski definition) is 4. The van der Waals surface area contributed by atoms with Crippen LogP contribution in [0.3, 0.4) is 0 Å². The minimum Gasteiger partial charge on any atom is -0.454 e. The smallest absolute Gasteiger partial charge is 0.338 e. The summed E-state index contributed by atoms with van der Waals surface area (Å²) in [5, 5.41) is 5.68. The van der Waals surface area contributed by atoms with Gasteiger partial charge in [-0.25, -0.2) is 4.79 Å². The first kappa shape index (κ1) is 19.5. The van der Waals surface area contributed by atoms with Crippen molar-refractivity contribution in [3.8, 4) is 0 Å². The van der Waals surface area contributed by atoms with Crippen LogP contribution in [0.1, 0.15) is 42.8 Å². The highest BCUT2D eigenvalue weighted by Crippen LogP contribution is 2.27. The predicted octanol–water partition coefficient (Wildman–Crippen LogP) is 4.17. The van der Waals surface area contributed by atoms with Crippen molar-refractivity contribution in [1.29, 1.82) is 0 Å². The van der Waals surface area contributed by atoms with E-state index in [0.29, 0.717) is 22.0 Å². The number of carbonyl (C=O) groups excluding carboxylic acids is 3. The second-order valence-corrected chi connectivity index (χ2v) is 6.14. The van der Waals surface area contributed by atoms with Crippen molar-refractivity contribution in [3.05, 3.63) is 58.6 Å². The SMILES string of the molecule is CC(=O)Nc1cc(NC(C)=O)cc(C(=O)O[C@H](C)c2ccccc2Cl)c1. The Morgan fingerprint density at radius 3 is 2.00 bits per heavy atom. The fourth-order valence-corrected chi connectivity index (χ4v) is 2.68. The van der Waals surface area contributed by atoms with E-state index >= 15 is 0 Å². The van der Waals surface area contributed by atoms with Crippen LogP contribution in [0, 0.1) is 0 Å². The number of nitrogens with one attached hydrogen (secondary N) is 2. The third kappa shape index (κ3) is 5.32. The number of benzene rings is 2. The summed E-state index contributed by atoms with van der Waals surface area (Å²) in [6, 6.07) is 11.6. The third-order valence-corrected chi connectivity index (χ3v) is 3.78. The molecule has 0 aliphatic heterocycles. The van der Waals surface area contributed by atoms with Crippen molar-refractivity contribution in [2.24, 2.45) is 0 Å². The first-order valence-corrected chi connectivity index (χ1v) is 8.29. The van der Waals surface area contributed by atoms with Crippen molar-refractivity contribution in [2.45, 2.75) is 26.9 Å². The van der Waals surface area contributed by atoms with Crippen LogP contribution < -0.4 is 10.6 Å². The average Bonchev–Trinajstić information content (AvgIpc) is 2.53. The molecule has 0 spiro atoms. The fourth-order valence-electron chi connectivity index (χ4n) is 2.39. The van der Waals surface area contributed by atoms with E-state index in [4.69, 9.17) is 16.3 Å². The van der Waals surface area contributed by atoms with E-state index in [1.165, 1.54) is 26.0 Å². The molecule has 0 bridgehead atoms. The van der Waals surface area contributed by atoms with Crippen molar-refractivity contribution in [1.82, 2.24) is 0 Å². The fraction of sp³-hybridized carbons (Fsp3) is 0.211. The molecule has 2 rings (SSSR count). The lowest BCUT2D eigenvalue weighted by Crippen LogP contribution is -2.13. The molecule has 136 valence electrons. The van der Waals surface area contributed by atoms with E-state index in [1.54, 1.807) is 37.3 Å². The van der Waals surface area contributed by atoms with Crippen molar-refractivity contribution in [2.75, 3.05) is 10.6 Å². The summed E-state index contributed by atoms with van der Waals surface area (Å²) >= 11 is 6.13. The van der Waals surface area contributed by atoms with Crippen LogP contribution in [0.15, 0.2) is 42.5 Å². The lowest BCUT2D eigenvalue weighted by Gasteiger charge is -2.16. The van der Waals surface area contributed by atoms with E-state index in [1.807, 2.05) is 0 Å². The van der Waals surface area contributed by atoms with E-state index in [2.05, 4.69) is 10.6 Å². The average molecular weight is 375 g/mol. The number of anilines is 2. The topological polar surface area (TPSA) is 84.5 Å². The summed E-state index contributed by atoms with van der Waals surface area (Å²) in [6.07, 6.45) is -0.565. The van der Waals surface area contributed by atoms with Crippen LogP contribution in [0.2, 0.25) is 5.02 Å². The van der Waals surface area contributed by atoms with E-state index in [9.17, 15) is 14.4 Å². The van der Waals surface area contributed by atoms with Crippen molar-refractivity contribution < 1.29 is 19.1 Å². The summed E-state index contributed by atoms with van der Waals surface area (Å²) in [5.41, 5.74) is 1.63. The Balaban J connectivity index is 2.27. The first-order valence-electron chi connectivity index (χ1n) is 7.92. The lowest BCUT2D eigenvalue weighted by atomic mass is 10.1. The number of hydrogen-bond donors (Lipinski definition) is 2. The monoisotopic (exact) mass is 374 g/mol. The molecule has 0 saturated heterocycles. The molecule has 26 heavy (non-hydrogen) atoms. The third-order valence-electron chi connectivity index (χ3n) is 3.44. The van der Waals surface area contributed by atoms with Gasteiger partial charge < -0.3 is 15.4 Å². The molecule has 2 amide bonds. The summed E-state index contributed by atoms with van der Waals surface area (Å²) in [6.45, 7) is 4.41. The van der Waals surface area contributed by atoms with Gasteiger partial charge in [0.05, 0.1) is 5.56 Å². The number of amides is 2. The van der Waals surface area contributed by atoms with Crippen LogP contribution >= 0.6 is 11.6 Å². The summed E-state index contributed by atoms with van der Waals surface area (Å²) in [4.78, 5) is 35.1. The maximum Gasteiger partial charge on any atom is 0.338 e. The second-order valence-electron chi connectivity index (χ2n) is 5.73. The Bertz CT molecular complexity index is 817. The molecule has 0 heterocycles. The standard InChI is InChI=1S/C19H19ClN2O4/c1-11(17-6-4-5-7-18(17)20)26-19(25)14-8-15(21-12(2)23)10-16(9-14)22-13(3)24/h4-11H,1-3H3,(H,21,23)(H,22,24)/t11-/m1/s1. The molecule has 2 aromatic rings. The van der Waals surface area contributed by atoms with Gasteiger partial charge in [-0.3, -0.25) is 9.59 Å². The highest BCUT2D eigenvalue weighted by Gasteiger charge is 2.17. The molecule has 0 aliphatic rings. The molecule has 7 heteroatoms. The number of ether oxygens (including phenoxy) is 1. The number of rotatable bonds is 5. The van der Waals surface area contributed by atoms with Crippen LogP contribution in [0.5, 0.6) is 0 Å². The Morgan fingerprint density at radius 1 is 0.962 bits per heavy atom. The van der Waals surface area contributed by atoms with Gasteiger partial charge in [-0.05, 0) is 31.2 Å². The van der Waals surface area contributed by atoms with Gasteiger partial charge in [0.1, 0.15) is 6.10 Å². The van der Waals surface area contributed by atoms with E-state index < -0.39 is 12.1 Å². The molecule has 0 radical (unpaired) electrons. The Morgan fingerprint density at radius 2 is 1.50 bits per heavy atom. The lowest BCUT2D eigenvalue weighted by molar-refractivity contribution is -0.115. The normalized spacial score (nSPS) is 11.4. The number of carbonyl (C=O) groups is 3. The molecule has 0 fully saturated rings. The zero-order valence-electron chi connectivity index (χ0n) is 14.6. The minimum atomic E-state index is -0.601. The summed E-state index contributed by atoms with van der Waals surface area (Å²) in [5.74, 6) is -1.20. The molecule has 1 atom stereocenters. The zero-order chi connectivity index (χ0) is 19.3. The molecule has 0 aliphatic carbocycles. The molecule has 0 saturated carbocycles. The molecular weight excluding hydrogens is 356 g/mol. The Hall–Kier alpha value is -2.86. The molecule has 2 N–H and O–H groups in total. The van der Waals surface area contributed by atoms with Gasteiger partial charge in [0.25, 0.3) is 0 Å². The zero-order valence-corrected chi connectivity index (χ0v) is 15.4. The van der Waals surface area contributed by atoms with Gasteiger partial charge in [-0.15, -0.1) is 0 Å².